The molecule has 0 fully saturated rings. The number of aryl methyl sites for hydroxylation is 3. The van der Waals surface area contributed by atoms with Crippen LogP contribution in [-0.4, -0.2) is 39.8 Å². The Morgan fingerprint density at radius 2 is 1.93 bits per heavy atom. The number of aromatic nitrogens is 4. The largest absolute Gasteiger partial charge is 0.494 e. The van der Waals surface area contributed by atoms with Crippen LogP contribution in [0.2, 0.25) is 0 Å². The number of amides is 1. The lowest BCUT2D eigenvalue weighted by Gasteiger charge is -2.11. The van der Waals surface area contributed by atoms with Gasteiger partial charge >= 0.3 is 0 Å². The minimum absolute atomic E-state index is 0.0462. The van der Waals surface area contributed by atoms with Gasteiger partial charge in [0.2, 0.25) is 5.95 Å². The maximum absolute atomic E-state index is 14.6. The summed E-state index contributed by atoms with van der Waals surface area (Å²) in [6.45, 7) is 4.79. The molecule has 2 aromatic heterocycles. The molecule has 0 unspecified atom stereocenters. The van der Waals surface area contributed by atoms with Crippen LogP contribution < -0.4 is 15.4 Å². The molecule has 3 aromatic rings. The smallest absolute Gasteiger partial charge is 0.251 e. The van der Waals surface area contributed by atoms with Gasteiger partial charge in [-0.1, -0.05) is 0 Å². The van der Waals surface area contributed by atoms with Gasteiger partial charge in [0.1, 0.15) is 0 Å². The lowest BCUT2D eigenvalue weighted by molar-refractivity contribution is 0.0962. The van der Waals surface area contributed by atoms with Crippen LogP contribution in [-0.2, 0) is 19.4 Å². The average Bonchev–Trinajstić information content (AvgIpc) is 3.12. The Kier molecular flexibility index (Phi) is 6.61. The molecule has 30 heavy (non-hydrogen) atoms. The number of nitrogens with zero attached hydrogens (tertiary/aromatic N) is 4. The number of hydrogen-bond acceptors (Lipinski definition) is 6. The average molecular weight is 412 g/mol. The second-order valence-electron chi connectivity index (χ2n) is 6.73. The van der Waals surface area contributed by atoms with Gasteiger partial charge in [0.05, 0.1) is 24.7 Å². The monoisotopic (exact) mass is 412 g/mol. The number of carbonyl (C=O) groups excluding carboxylic acids is 1. The fourth-order valence-electron chi connectivity index (χ4n) is 3.10. The van der Waals surface area contributed by atoms with E-state index >= 15 is 0 Å². The van der Waals surface area contributed by atoms with Crippen molar-refractivity contribution in [2.45, 2.75) is 33.2 Å². The molecule has 0 saturated carbocycles. The van der Waals surface area contributed by atoms with Gasteiger partial charge in [-0.3, -0.25) is 9.48 Å². The highest BCUT2D eigenvalue weighted by Gasteiger charge is 2.15. The van der Waals surface area contributed by atoms with Crippen LogP contribution in [0.3, 0.4) is 0 Å². The highest BCUT2D eigenvalue weighted by Crippen LogP contribution is 2.24. The maximum atomic E-state index is 14.6. The normalized spacial score (nSPS) is 10.7. The Morgan fingerprint density at radius 3 is 2.53 bits per heavy atom. The standard InChI is InChI=1S/C21H25FN6O2/c1-5-28-13(2)17(12-26-28)27-21-24-10-14(11-25-21)6-7-15-8-16(20(29)23-3)9-18(30-4)19(15)22/h8-12H,5-7H2,1-4H3,(H,23,29)(H,24,25,27). The number of halogens is 1. The van der Waals surface area contributed by atoms with E-state index in [4.69, 9.17) is 4.74 Å². The van der Waals surface area contributed by atoms with Crippen LogP contribution in [0, 0.1) is 12.7 Å². The zero-order valence-corrected chi connectivity index (χ0v) is 17.5. The quantitative estimate of drug-likeness (QED) is 0.591. The molecular weight excluding hydrogens is 387 g/mol. The summed E-state index contributed by atoms with van der Waals surface area (Å²) in [5, 5.41) is 9.97. The van der Waals surface area contributed by atoms with Crippen molar-refractivity contribution in [3.8, 4) is 5.75 Å². The molecule has 0 aliphatic rings. The highest BCUT2D eigenvalue weighted by molar-refractivity contribution is 5.94. The molecule has 0 spiro atoms. The number of hydrogen-bond donors (Lipinski definition) is 2. The summed E-state index contributed by atoms with van der Waals surface area (Å²) >= 11 is 0. The van der Waals surface area contributed by atoms with Crippen molar-refractivity contribution in [3.63, 3.8) is 0 Å². The molecule has 3 rings (SSSR count). The van der Waals surface area contributed by atoms with Crippen LogP contribution >= 0.6 is 0 Å². The van der Waals surface area contributed by atoms with Crippen molar-refractivity contribution >= 4 is 17.5 Å². The number of methoxy groups -OCH3 is 1. The van der Waals surface area contributed by atoms with Crippen LogP contribution in [0.5, 0.6) is 5.75 Å². The molecule has 8 nitrogen and oxygen atoms in total. The second kappa shape index (κ2) is 9.34. The summed E-state index contributed by atoms with van der Waals surface area (Å²) in [6, 6.07) is 2.94. The first-order chi connectivity index (χ1) is 14.5. The van der Waals surface area contributed by atoms with E-state index in [1.807, 2.05) is 18.5 Å². The molecule has 0 radical (unpaired) electrons. The van der Waals surface area contributed by atoms with E-state index in [2.05, 4.69) is 25.7 Å². The summed E-state index contributed by atoms with van der Waals surface area (Å²) in [5.74, 6) is -0.250. The van der Waals surface area contributed by atoms with Crippen LogP contribution in [0.1, 0.15) is 34.1 Å². The number of carbonyl (C=O) groups is 1. The first-order valence-corrected chi connectivity index (χ1v) is 9.65. The van der Waals surface area contributed by atoms with E-state index in [-0.39, 0.29) is 11.7 Å². The summed E-state index contributed by atoms with van der Waals surface area (Å²) in [6.07, 6.45) is 6.04. The minimum Gasteiger partial charge on any atom is -0.494 e. The topological polar surface area (TPSA) is 94.0 Å². The van der Waals surface area contributed by atoms with Gasteiger partial charge in [-0.05, 0) is 49.9 Å². The zero-order chi connectivity index (χ0) is 21.7. The Bertz CT molecular complexity index is 1030. The Labute approximate surface area is 174 Å². The summed E-state index contributed by atoms with van der Waals surface area (Å²) in [4.78, 5) is 20.6. The number of benzene rings is 1. The van der Waals surface area contributed by atoms with E-state index < -0.39 is 5.82 Å². The maximum Gasteiger partial charge on any atom is 0.251 e. The van der Waals surface area contributed by atoms with Crippen molar-refractivity contribution in [2.24, 2.45) is 0 Å². The van der Waals surface area contributed by atoms with Crippen molar-refractivity contribution in [1.29, 1.82) is 0 Å². The summed E-state index contributed by atoms with van der Waals surface area (Å²) in [5.41, 5.74) is 3.46. The predicted octanol–water partition coefficient (Wildman–Crippen LogP) is 3.04. The Hall–Kier alpha value is -3.49. The molecule has 1 amide bonds. The van der Waals surface area contributed by atoms with Crippen molar-refractivity contribution < 1.29 is 13.9 Å². The van der Waals surface area contributed by atoms with Crippen LogP contribution in [0.25, 0.3) is 0 Å². The van der Waals surface area contributed by atoms with E-state index in [0.717, 1.165) is 23.5 Å². The zero-order valence-electron chi connectivity index (χ0n) is 17.5. The minimum atomic E-state index is -0.465. The fourth-order valence-corrected chi connectivity index (χ4v) is 3.10. The van der Waals surface area contributed by atoms with Gasteiger partial charge in [0.15, 0.2) is 11.6 Å². The molecule has 0 aliphatic carbocycles. The molecule has 9 heteroatoms. The number of anilines is 2. The first kappa shape index (κ1) is 21.2. The van der Waals surface area contributed by atoms with Gasteiger partial charge in [-0.25, -0.2) is 14.4 Å². The number of ether oxygens (including phenoxy) is 1. The molecule has 2 N–H and O–H groups in total. The van der Waals surface area contributed by atoms with Crippen LogP contribution in [0.15, 0.2) is 30.7 Å². The highest BCUT2D eigenvalue weighted by atomic mass is 19.1. The van der Waals surface area contributed by atoms with Gasteiger partial charge in [0.25, 0.3) is 5.91 Å². The van der Waals surface area contributed by atoms with E-state index in [0.29, 0.717) is 29.9 Å². The second-order valence-corrected chi connectivity index (χ2v) is 6.73. The van der Waals surface area contributed by atoms with Gasteiger partial charge < -0.3 is 15.4 Å². The molecule has 1 aromatic carbocycles. The number of rotatable bonds is 8. The third kappa shape index (κ3) is 4.56. The predicted molar refractivity (Wildman–Crippen MR) is 112 cm³/mol. The van der Waals surface area contributed by atoms with E-state index in [9.17, 15) is 9.18 Å². The summed E-state index contributed by atoms with van der Waals surface area (Å²) < 4.78 is 21.5. The van der Waals surface area contributed by atoms with Crippen molar-refractivity contribution in [3.05, 3.63) is 58.9 Å². The summed E-state index contributed by atoms with van der Waals surface area (Å²) in [7, 11) is 2.90. The van der Waals surface area contributed by atoms with Crippen molar-refractivity contribution in [1.82, 2.24) is 25.1 Å². The Morgan fingerprint density at radius 1 is 1.20 bits per heavy atom. The molecule has 0 saturated heterocycles. The van der Waals surface area contributed by atoms with E-state index in [1.54, 1.807) is 24.7 Å². The van der Waals surface area contributed by atoms with Gasteiger partial charge in [-0.15, -0.1) is 0 Å². The molecule has 158 valence electrons. The fraction of sp³-hybridized carbons (Fsp3) is 0.333. The Balaban J connectivity index is 1.70. The van der Waals surface area contributed by atoms with Gasteiger partial charge in [0, 0.05) is 31.5 Å². The number of nitrogens with one attached hydrogen (secondary N) is 2. The lowest BCUT2D eigenvalue weighted by Crippen LogP contribution is -2.18. The first-order valence-electron chi connectivity index (χ1n) is 9.65. The van der Waals surface area contributed by atoms with Crippen LogP contribution in [0.4, 0.5) is 16.0 Å². The van der Waals surface area contributed by atoms with Gasteiger partial charge in [-0.2, -0.15) is 5.10 Å². The third-order valence-corrected chi connectivity index (χ3v) is 4.86. The third-order valence-electron chi connectivity index (χ3n) is 4.86. The van der Waals surface area contributed by atoms with Crippen molar-refractivity contribution in [2.75, 3.05) is 19.5 Å². The molecule has 0 aliphatic heterocycles. The molecular formula is C21H25FN6O2. The molecule has 0 atom stereocenters. The lowest BCUT2D eigenvalue weighted by atomic mass is 10.0. The SMILES string of the molecule is CCn1ncc(Nc2ncc(CCc3cc(C(=O)NC)cc(OC)c3F)cn2)c1C. The molecule has 0 bridgehead atoms. The van der Waals surface area contributed by atoms with E-state index in [1.165, 1.54) is 20.2 Å². The molecule has 2 heterocycles.